The summed E-state index contributed by atoms with van der Waals surface area (Å²) in [6, 6.07) is 13.3. The predicted octanol–water partition coefficient (Wildman–Crippen LogP) is 3.44. The number of ether oxygens (including phenoxy) is 1. The lowest BCUT2D eigenvalue weighted by atomic mass is 9.86. The lowest BCUT2D eigenvalue weighted by Crippen LogP contribution is -2.48. The molecule has 7 heteroatoms. The molecule has 2 fully saturated rings. The summed E-state index contributed by atoms with van der Waals surface area (Å²) in [7, 11) is 1.59. The van der Waals surface area contributed by atoms with Crippen molar-refractivity contribution in [1.82, 2.24) is 4.90 Å². The number of fused-ring (bicyclic) bond motifs is 5. The van der Waals surface area contributed by atoms with Crippen molar-refractivity contribution in [2.75, 3.05) is 25.2 Å². The molecule has 0 radical (unpaired) electrons. The van der Waals surface area contributed by atoms with Crippen LogP contribution in [-0.4, -0.2) is 54.8 Å². The van der Waals surface area contributed by atoms with Crippen LogP contribution in [-0.2, 0) is 14.3 Å². The summed E-state index contributed by atoms with van der Waals surface area (Å²) < 4.78 is 5.08. The number of halogens is 1. The molecule has 0 N–H and O–H groups in total. The van der Waals surface area contributed by atoms with E-state index in [0.29, 0.717) is 30.2 Å². The maximum absolute atomic E-state index is 13.8. The lowest BCUT2D eigenvalue weighted by molar-refractivity contribution is -0.140. The summed E-state index contributed by atoms with van der Waals surface area (Å²) >= 11 is 6.02. The number of hydrogen-bond donors (Lipinski definition) is 0. The normalized spacial score (nSPS) is 25.7. The van der Waals surface area contributed by atoms with E-state index in [0.717, 1.165) is 11.3 Å². The van der Waals surface area contributed by atoms with Crippen LogP contribution in [0.4, 0.5) is 5.69 Å². The minimum atomic E-state index is -0.763. The molecule has 3 aliphatic rings. The quantitative estimate of drug-likeness (QED) is 0.383. The molecule has 3 aliphatic heterocycles. The highest BCUT2D eigenvalue weighted by atomic mass is 35.5. The minimum Gasteiger partial charge on any atom is -0.385 e. The average molecular weight is 451 g/mol. The molecule has 3 heterocycles. The average Bonchev–Trinajstić information content (AvgIpc) is 3.28. The van der Waals surface area contributed by atoms with Crippen molar-refractivity contribution in [3.8, 4) is 0 Å². The van der Waals surface area contributed by atoms with Crippen LogP contribution >= 0.6 is 11.6 Å². The molecule has 5 rings (SSSR count). The van der Waals surface area contributed by atoms with Gasteiger partial charge in [-0.25, -0.2) is 0 Å². The highest BCUT2D eigenvalue weighted by Gasteiger charge is 2.63. The smallest absolute Gasteiger partial charge is 0.235 e. The van der Waals surface area contributed by atoms with Gasteiger partial charge >= 0.3 is 0 Å². The van der Waals surface area contributed by atoms with Gasteiger partial charge in [-0.05, 0) is 42.3 Å². The van der Waals surface area contributed by atoms with Gasteiger partial charge < -0.3 is 9.64 Å². The Kier molecular flexibility index (Phi) is 5.35. The summed E-state index contributed by atoms with van der Waals surface area (Å²) in [5.41, 5.74) is 2.31. The van der Waals surface area contributed by atoms with E-state index < -0.39 is 17.9 Å². The molecule has 32 heavy (non-hydrogen) atoms. The number of rotatable bonds is 6. The van der Waals surface area contributed by atoms with Crippen LogP contribution in [0, 0.1) is 11.8 Å². The Morgan fingerprint density at radius 3 is 2.50 bits per heavy atom. The molecule has 0 bridgehead atoms. The Labute approximate surface area is 191 Å². The van der Waals surface area contributed by atoms with E-state index in [1.54, 1.807) is 31.4 Å². The third kappa shape index (κ3) is 3.17. The molecule has 0 spiro atoms. The molecular formula is C25H23ClN2O4. The number of amides is 2. The monoisotopic (exact) mass is 450 g/mol. The SMILES string of the molecule is COCCCN1C(=O)[C@@H]2[C@H](C1=O)[C@@H](C(=O)c1ccc(Cl)cc1)N1c3ccccc3C=C[C@@H]21. The highest BCUT2D eigenvalue weighted by molar-refractivity contribution is 6.30. The topological polar surface area (TPSA) is 66.9 Å². The number of likely N-dealkylation sites (tertiary alicyclic amines) is 1. The molecule has 0 unspecified atom stereocenters. The molecule has 6 nitrogen and oxygen atoms in total. The Hall–Kier alpha value is -2.96. The van der Waals surface area contributed by atoms with Crippen molar-refractivity contribution in [2.45, 2.75) is 18.5 Å². The zero-order valence-corrected chi connectivity index (χ0v) is 18.4. The van der Waals surface area contributed by atoms with Gasteiger partial charge in [0.25, 0.3) is 0 Å². The summed E-state index contributed by atoms with van der Waals surface area (Å²) in [5.74, 6) is -1.97. The second-order valence-corrected chi connectivity index (χ2v) is 8.79. The maximum atomic E-state index is 13.8. The van der Waals surface area contributed by atoms with Gasteiger partial charge in [0.15, 0.2) is 5.78 Å². The number of Topliss-reactive ketones (excluding diaryl/α,β-unsaturated/α-hetero) is 1. The Morgan fingerprint density at radius 2 is 1.75 bits per heavy atom. The largest absolute Gasteiger partial charge is 0.385 e. The number of ketones is 1. The van der Waals surface area contributed by atoms with Crippen LogP contribution in [0.3, 0.4) is 0 Å². The number of carbonyl (C=O) groups excluding carboxylic acids is 3. The molecule has 2 aromatic rings. The lowest BCUT2D eigenvalue weighted by Gasteiger charge is -2.36. The van der Waals surface area contributed by atoms with Crippen molar-refractivity contribution < 1.29 is 19.1 Å². The van der Waals surface area contributed by atoms with Crippen molar-refractivity contribution in [1.29, 1.82) is 0 Å². The van der Waals surface area contributed by atoms with Gasteiger partial charge in [0.2, 0.25) is 11.8 Å². The fourth-order valence-electron chi connectivity index (χ4n) is 5.25. The summed E-state index contributed by atoms with van der Waals surface area (Å²) in [6.45, 7) is 0.760. The first-order valence-electron chi connectivity index (χ1n) is 10.7. The molecule has 0 saturated carbocycles. The minimum absolute atomic E-state index is 0.177. The van der Waals surface area contributed by atoms with Crippen LogP contribution in [0.5, 0.6) is 0 Å². The van der Waals surface area contributed by atoms with Gasteiger partial charge in [0.05, 0.1) is 17.9 Å². The molecule has 0 aliphatic carbocycles. The molecule has 0 aromatic heterocycles. The first-order chi connectivity index (χ1) is 15.5. The first kappa shape index (κ1) is 20.9. The number of carbonyl (C=O) groups is 3. The molecule has 2 amide bonds. The first-order valence-corrected chi connectivity index (χ1v) is 11.1. The Morgan fingerprint density at radius 1 is 1.03 bits per heavy atom. The van der Waals surface area contributed by atoms with E-state index in [2.05, 4.69) is 0 Å². The van der Waals surface area contributed by atoms with Gasteiger partial charge in [-0.15, -0.1) is 0 Å². The zero-order chi connectivity index (χ0) is 22.4. The van der Waals surface area contributed by atoms with E-state index in [1.807, 2.05) is 41.3 Å². The zero-order valence-electron chi connectivity index (χ0n) is 17.6. The molecule has 2 aromatic carbocycles. The maximum Gasteiger partial charge on any atom is 0.235 e. The van der Waals surface area contributed by atoms with Gasteiger partial charge in [-0.2, -0.15) is 0 Å². The van der Waals surface area contributed by atoms with Crippen molar-refractivity contribution in [3.05, 3.63) is 70.8 Å². The van der Waals surface area contributed by atoms with Gasteiger partial charge in [-0.3, -0.25) is 19.3 Å². The number of anilines is 1. The fourth-order valence-corrected chi connectivity index (χ4v) is 5.37. The van der Waals surface area contributed by atoms with Crippen molar-refractivity contribution in [3.63, 3.8) is 0 Å². The van der Waals surface area contributed by atoms with Crippen LogP contribution in [0.1, 0.15) is 22.3 Å². The number of para-hydroxylation sites is 1. The number of imide groups is 1. The van der Waals surface area contributed by atoms with Gasteiger partial charge in [0.1, 0.15) is 6.04 Å². The van der Waals surface area contributed by atoms with Crippen LogP contribution in [0.2, 0.25) is 5.02 Å². The van der Waals surface area contributed by atoms with Crippen molar-refractivity contribution >= 4 is 41.0 Å². The number of hydrogen-bond acceptors (Lipinski definition) is 5. The predicted molar refractivity (Wildman–Crippen MR) is 122 cm³/mol. The van der Waals surface area contributed by atoms with Crippen LogP contribution < -0.4 is 4.90 Å². The van der Waals surface area contributed by atoms with E-state index >= 15 is 0 Å². The molecule has 2 saturated heterocycles. The molecular weight excluding hydrogens is 428 g/mol. The second kappa shape index (κ2) is 8.19. The third-order valence-electron chi connectivity index (χ3n) is 6.63. The Balaban J connectivity index is 1.58. The second-order valence-electron chi connectivity index (χ2n) is 8.36. The summed E-state index contributed by atoms with van der Waals surface area (Å²) in [6.07, 6.45) is 4.50. The fraction of sp³-hybridized carbons (Fsp3) is 0.320. The van der Waals surface area contributed by atoms with Crippen LogP contribution in [0.25, 0.3) is 6.08 Å². The summed E-state index contributed by atoms with van der Waals surface area (Å²) in [5, 5.41) is 0.534. The summed E-state index contributed by atoms with van der Waals surface area (Å²) in [4.78, 5) is 43.9. The molecule has 4 atom stereocenters. The van der Waals surface area contributed by atoms with Crippen LogP contribution in [0.15, 0.2) is 54.6 Å². The Bertz CT molecular complexity index is 1110. The third-order valence-corrected chi connectivity index (χ3v) is 6.89. The van der Waals surface area contributed by atoms with E-state index in [1.165, 1.54) is 4.90 Å². The number of methoxy groups -OCH3 is 1. The molecule has 164 valence electrons. The van der Waals surface area contributed by atoms with E-state index in [4.69, 9.17) is 16.3 Å². The standard InChI is InChI=1S/C25H23ClN2O4/c1-32-14-4-13-27-24(30)20-19-12-9-15-5-2-3-6-18(15)28(19)22(21(20)25(27)31)23(29)16-7-10-17(26)11-8-16/h2-3,5-12,19-22H,4,13-14H2,1H3/t19-,20-,21-,22-/m0/s1. The number of nitrogens with zero attached hydrogens (tertiary/aromatic N) is 2. The number of benzene rings is 2. The highest BCUT2D eigenvalue weighted by Crippen LogP contribution is 2.49. The van der Waals surface area contributed by atoms with Crippen molar-refractivity contribution in [2.24, 2.45) is 11.8 Å². The van der Waals surface area contributed by atoms with Gasteiger partial charge in [-0.1, -0.05) is 42.0 Å². The van der Waals surface area contributed by atoms with E-state index in [9.17, 15) is 14.4 Å². The van der Waals surface area contributed by atoms with E-state index in [-0.39, 0.29) is 23.6 Å². The van der Waals surface area contributed by atoms with Gasteiger partial charge in [0, 0.05) is 36.5 Å².